The first-order chi connectivity index (χ1) is 10.5. The first-order valence-electron chi connectivity index (χ1n) is 7.34. The highest BCUT2D eigenvalue weighted by atomic mass is 32.2. The van der Waals surface area contributed by atoms with Gasteiger partial charge in [0, 0.05) is 17.6 Å². The first-order valence-corrected chi connectivity index (χ1v) is 8.57. The third-order valence-electron chi connectivity index (χ3n) is 4.57. The molecule has 0 bridgehead atoms. The quantitative estimate of drug-likeness (QED) is 0.629. The van der Waals surface area contributed by atoms with E-state index in [1.807, 2.05) is 12.3 Å². The Balaban J connectivity index is 2.37. The first kappa shape index (κ1) is 15.0. The summed E-state index contributed by atoms with van der Waals surface area (Å²) in [6.07, 6.45) is 6.71. The molecule has 114 valence electrons. The van der Waals surface area contributed by atoms with Crippen LogP contribution in [0.2, 0.25) is 0 Å². The predicted molar refractivity (Wildman–Crippen MR) is 87.0 cm³/mol. The van der Waals surface area contributed by atoms with Gasteiger partial charge in [0.1, 0.15) is 17.3 Å². The van der Waals surface area contributed by atoms with E-state index in [4.69, 9.17) is 0 Å². The van der Waals surface area contributed by atoms with Gasteiger partial charge in [0.2, 0.25) is 0 Å². The summed E-state index contributed by atoms with van der Waals surface area (Å²) in [5, 5.41) is 10.7. The van der Waals surface area contributed by atoms with Crippen molar-refractivity contribution in [3.05, 3.63) is 28.2 Å². The number of pyridine rings is 1. The Labute approximate surface area is 133 Å². The van der Waals surface area contributed by atoms with E-state index >= 15 is 0 Å². The smallest absolute Gasteiger partial charge is 0.270 e. The molecule has 2 aromatic heterocycles. The van der Waals surface area contributed by atoms with Crippen LogP contribution < -0.4 is 5.56 Å². The van der Waals surface area contributed by atoms with Crippen molar-refractivity contribution >= 4 is 22.8 Å². The van der Waals surface area contributed by atoms with Crippen LogP contribution in [0.1, 0.15) is 44.7 Å². The second-order valence-electron chi connectivity index (χ2n) is 6.38. The maximum atomic E-state index is 12.8. The van der Waals surface area contributed by atoms with Crippen LogP contribution in [0.15, 0.2) is 22.2 Å². The van der Waals surface area contributed by atoms with Crippen LogP contribution in [0.5, 0.6) is 0 Å². The molecule has 22 heavy (non-hydrogen) atoms. The van der Waals surface area contributed by atoms with Crippen molar-refractivity contribution < 1.29 is 0 Å². The van der Waals surface area contributed by atoms with Crippen LogP contribution in [0.4, 0.5) is 0 Å². The average Bonchev–Trinajstić information content (AvgIpc) is 2.85. The van der Waals surface area contributed by atoms with Crippen LogP contribution in [0, 0.1) is 16.7 Å². The fourth-order valence-electron chi connectivity index (χ4n) is 3.36. The molecule has 5 nitrogen and oxygen atoms in total. The van der Waals surface area contributed by atoms with Gasteiger partial charge in [-0.25, -0.2) is 9.97 Å². The van der Waals surface area contributed by atoms with Crippen molar-refractivity contribution in [2.45, 2.75) is 44.3 Å². The highest BCUT2D eigenvalue weighted by Crippen LogP contribution is 2.46. The Hall–Kier alpha value is -1.87. The van der Waals surface area contributed by atoms with Gasteiger partial charge in [0.25, 0.3) is 5.56 Å². The lowest BCUT2D eigenvalue weighted by atomic mass is 9.87. The summed E-state index contributed by atoms with van der Waals surface area (Å²) in [4.78, 5) is 21.6. The molecule has 1 atom stereocenters. The average molecular weight is 314 g/mol. The zero-order chi connectivity index (χ0) is 15.9. The van der Waals surface area contributed by atoms with Crippen molar-refractivity contribution in [2.24, 2.45) is 5.41 Å². The molecule has 2 heterocycles. The number of thioether (sulfide) groups is 1. The van der Waals surface area contributed by atoms with Gasteiger partial charge in [-0.2, -0.15) is 5.26 Å². The lowest BCUT2D eigenvalue weighted by Gasteiger charge is -2.29. The molecule has 3 rings (SSSR count). The van der Waals surface area contributed by atoms with Gasteiger partial charge < -0.3 is 0 Å². The van der Waals surface area contributed by atoms with Crippen LogP contribution >= 0.6 is 11.8 Å². The summed E-state index contributed by atoms with van der Waals surface area (Å²) in [7, 11) is 0. The fourth-order valence-corrected chi connectivity index (χ4v) is 3.69. The molecule has 0 radical (unpaired) electrons. The summed E-state index contributed by atoms with van der Waals surface area (Å²) in [6, 6.07) is 3.68. The van der Waals surface area contributed by atoms with Crippen LogP contribution in [-0.2, 0) is 0 Å². The lowest BCUT2D eigenvalue weighted by Crippen LogP contribution is -2.33. The van der Waals surface area contributed by atoms with E-state index in [-0.39, 0.29) is 22.6 Å². The SMILES string of the molecule is CSc1ncc2cc(C#N)c(=O)n(C3CCCC3(C)C)c2n1. The Bertz CT molecular complexity index is 834. The molecule has 1 saturated carbocycles. The monoisotopic (exact) mass is 314 g/mol. The molecule has 1 aliphatic rings. The van der Waals surface area contributed by atoms with Crippen molar-refractivity contribution in [1.29, 1.82) is 5.26 Å². The highest BCUT2D eigenvalue weighted by molar-refractivity contribution is 7.98. The third-order valence-corrected chi connectivity index (χ3v) is 5.13. The highest BCUT2D eigenvalue weighted by Gasteiger charge is 2.37. The second-order valence-corrected chi connectivity index (χ2v) is 7.15. The number of nitrogens with zero attached hydrogens (tertiary/aromatic N) is 4. The van der Waals surface area contributed by atoms with Crippen molar-refractivity contribution in [3.8, 4) is 6.07 Å². The number of hydrogen-bond donors (Lipinski definition) is 0. The fraction of sp³-hybridized carbons (Fsp3) is 0.500. The Kier molecular flexibility index (Phi) is 3.69. The van der Waals surface area contributed by atoms with Gasteiger partial charge in [0.15, 0.2) is 5.16 Å². The largest absolute Gasteiger partial charge is 0.288 e. The molecule has 0 spiro atoms. The molecule has 0 amide bonds. The number of nitriles is 1. The summed E-state index contributed by atoms with van der Waals surface area (Å²) >= 11 is 1.45. The third kappa shape index (κ3) is 2.30. The van der Waals surface area contributed by atoms with E-state index in [0.717, 1.165) is 24.6 Å². The van der Waals surface area contributed by atoms with Gasteiger partial charge in [-0.3, -0.25) is 9.36 Å². The molecular weight excluding hydrogens is 296 g/mol. The van der Waals surface area contributed by atoms with Crippen molar-refractivity contribution in [2.75, 3.05) is 6.26 Å². The van der Waals surface area contributed by atoms with E-state index in [0.29, 0.717) is 10.8 Å². The molecule has 6 heteroatoms. The normalized spacial score (nSPS) is 20.2. The number of fused-ring (bicyclic) bond motifs is 1. The zero-order valence-corrected chi connectivity index (χ0v) is 13.8. The van der Waals surface area contributed by atoms with Crippen molar-refractivity contribution in [3.63, 3.8) is 0 Å². The topological polar surface area (TPSA) is 71.6 Å². The molecule has 0 aromatic carbocycles. The van der Waals surface area contributed by atoms with Gasteiger partial charge in [-0.1, -0.05) is 32.0 Å². The van der Waals surface area contributed by atoms with E-state index in [1.54, 1.807) is 16.8 Å². The van der Waals surface area contributed by atoms with E-state index < -0.39 is 0 Å². The second kappa shape index (κ2) is 5.40. The minimum Gasteiger partial charge on any atom is -0.288 e. The maximum Gasteiger partial charge on any atom is 0.270 e. The van der Waals surface area contributed by atoms with Crippen LogP contribution in [0.3, 0.4) is 0 Å². The maximum absolute atomic E-state index is 12.8. The number of aromatic nitrogens is 3. The standard InChI is InChI=1S/C16H18N4OS/c1-16(2)6-4-5-12(16)20-13-11(7-10(8-17)14(20)21)9-18-15(19-13)22-3/h7,9,12H,4-6H2,1-3H3. The van der Waals surface area contributed by atoms with Gasteiger partial charge in [0.05, 0.1) is 0 Å². The molecule has 1 unspecified atom stereocenters. The summed E-state index contributed by atoms with van der Waals surface area (Å²) < 4.78 is 1.74. The summed E-state index contributed by atoms with van der Waals surface area (Å²) in [6.45, 7) is 4.36. The zero-order valence-electron chi connectivity index (χ0n) is 13.0. The van der Waals surface area contributed by atoms with E-state index in [2.05, 4.69) is 23.8 Å². The van der Waals surface area contributed by atoms with Gasteiger partial charge >= 0.3 is 0 Å². The molecule has 0 N–H and O–H groups in total. The molecule has 1 fully saturated rings. The molecule has 1 aliphatic carbocycles. The molecule has 2 aromatic rings. The molecular formula is C16H18N4OS. The van der Waals surface area contributed by atoms with Gasteiger partial charge in [-0.15, -0.1) is 0 Å². The van der Waals surface area contributed by atoms with Crippen LogP contribution in [0.25, 0.3) is 11.0 Å². The van der Waals surface area contributed by atoms with Gasteiger partial charge in [-0.05, 0) is 30.6 Å². The summed E-state index contributed by atoms with van der Waals surface area (Å²) in [5.74, 6) is 0. The minimum atomic E-state index is -0.235. The predicted octanol–water partition coefficient (Wildman–Crippen LogP) is 3.14. The number of rotatable bonds is 2. The Morgan fingerprint density at radius 3 is 2.86 bits per heavy atom. The van der Waals surface area contributed by atoms with Crippen molar-refractivity contribution in [1.82, 2.24) is 14.5 Å². The molecule has 0 aliphatic heterocycles. The Morgan fingerprint density at radius 1 is 1.50 bits per heavy atom. The lowest BCUT2D eigenvalue weighted by molar-refractivity contribution is 0.260. The van der Waals surface area contributed by atoms with E-state index in [1.165, 1.54) is 11.8 Å². The molecule has 0 saturated heterocycles. The number of hydrogen-bond acceptors (Lipinski definition) is 5. The Morgan fingerprint density at radius 2 is 2.27 bits per heavy atom. The summed E-state index contributed by atoms with van der Waals surface area (Å²) in [5.41, 5.74) is 0.592. The minimum absolute atomic E-state index is 0.0231. The van der Waals surface area contributed by atoms with E-state index in [9.17, 15) is 10.1 Å². The van der Waals surface area contributed by atoms with Crippen LogP contribution in [-0.4, -0.2) is 20.8 Å².